The first-order chi connectivity index (χ1) is 14.4. The molecular formula is C24H62O3Si5Sn2. The number of rotatable bonds is 8. The summed E-state index contributed by atoms with van der Waals surface area (Å²) in [5.41, 5.74) is 0. The van der Waals surface area contributed by atoms with Gasteiger partial charge in [0.25, 0.3) is 0 Å². The van der Waals surface area contributed by atoms with Crippen molar-refractivity contribution in [2.24, 2.45) is 0 Å². The Balaban J connectivity index is 4.08. The molecule has 1 fully saturated rings. The van der Waals surface area contributed by atoms with E-state index >= 15 is 0 Å². The molecule has 0 aliphatic carbocycles. The van der Waals surface area contributed by atoms with Crippen LogP contribution in [0.5, 0.6) is 0 Å². The summed E-state index contributed by atoms with van der Waals surface area (Å²) in [6.07, 6.45) is 0. The minimum atomic E-state index is -3.47. The standard InChI is InChI=1S/C8H18O2Si.4C4H11Si.O.2Sn/c1-7(2,3)11(9,10)8(4,5)6;4*1-5(2,3)4;;;/h1-6H3;4*1H2,2-4H3;;;/q-2;;;;;;2*+1. The van der Waals surface area contributed by atoms with Crippen molar-refractivity contribution in [3.63, 3.8) is 0 Å². The normalized spacial score (nSPS) is 22.1. The summed E-state index contributed by atoms with van der Waals surface area (Å²) in [4.78, 5) is 0. The molecule has 0 saturated carbocycles. The van der Waals surface area contributed by atoms with Crippen LogP contribution >= 0.6 is 0 Å². The van der Waals surface area contributed by atoms with Crippen LogP contribution < -0.4 is 0 Å². The Labute approximate surface area is 230 Å². The molecule has 34 heavy (non-hydrogen) atoms. The summed E-state index contributed by atoms with van der Waals surface area (Å²) in [5.74, 6) is 0. The number of hydrogen-bond acceptors (Lipinski definition) is 3. The second-order valence-corrected chi connectivity index (χ2v) is 75.2. The maximum absolute atomic E-state index is 7.96. The zero-order valence-electron chi connectivity index (χ0n) is 26.6. The first kappa shape index (κ1) is 34.6. The topological polar surface area (TPSA) is 27.7 Å². The van der Waals surface area contributed by atoms with E-state index in [9.17, 15) is 0 Å². The molecule has 0 aromatic rings. The van der Waals surface area contributed by atoms with E-state index in [-0.39, 0.29) is 10.1 Å². The van der Waals surface area contributed by atoms with Crippen molar-refractivity contribution in [3.8, 4) is 0 Å². The summed E-state index contributed by atoms with van der Waals surface area (Å²) in [6, 6.07) is 0. The Hall–Kier alpha value is 2.56. The van der Waals surface area contributed by atoms with Gasteiger partial charge in [-0.1, -0.05) is 0 Å². The average Bonchev–Trinajstić information content (AvgIpc) is 2.34. The molecule has 0 atom stereocenters. The van der Waals surface area contributed by atoms with Crippen LogP contribution in [-0.2, 0) is 6.94 Å². The predicted molar refractivity (Wildman–Crippen MR) is 173 cm³/mol. The Bertz CT molecular complexity index is 613. The Morgan fingerprint density at radius 3 is 0.824 bits per heavy atom. The first-order valence-corrected chi connectivity index (χ1v) is 42.9. The van der Waals surface area contributed by atoms with E-state index in [0.29, 0.717) is 0 Å². The van der Waals surface area contributed by atoms with Gasteiger partial charge in [0.05, 0.1) is 0 Å². The Morgan fingerprint density at radius 2 is 0.676 bits per heavy atom. The van der Waals surface area contributed by atoms with Gasteiger partial charge in [0.1, 0.15) is 0 Å². The third-order valence-corrected chi connectivity index (χ3v) is 100. The molecule has 10 heteroatoms. The molecule has 1 rings (SSSR count). The summed E-state index contributed by atoms with van der Waals surface area (Å²) in [7, 11) is -8.16. The van der Waals surface area contributed by atoms with Gasteiger partial charge in [0.15, 0.2) is 0 Å². The van der Waals surface area contributed by atoms with Crippen LogP contribution in [0, 0.1) is 0 Å². The van der Waals surface area contributed by atoms with Crippen LogP contribution in [0.4, 0.5) is 0 Å². The van der Waals surface area contributed by atoms with Crippen LogP contribution in [0.15, 0.2) is 0 Å². The van der Waals surface area contributed by atoms with Gasteiger partial charge in [-0.2, -0.15) is 0 Å². The Morgan fingerprint density at radius 1 is 0.471 bits per heavy atom. The molecule has 3 nitrogen and oxygen atoms in total. The molecule has 0 spiro atoms. The third-order valence-electron chi connectivity index (χ3n) is 6.20. The van der Waals surface area contributed by atoms with E-state index in [2.05, 4.69) is 120 Å². The van der Waals surface area contributed by atoms with Gasteiger partial charge in [-0.3, -0.25) is 0 Å². The van der Waals surface area contributed by atoms with E-state index < -0.39 is 79.3 Å². The van der Waals surface area contributed by atoms with Crippen LogP contribution in [0.1, 0.15) is 41.5 Å². The van der Waals surface area contributed by atoms with Crippen molar-refractivity contribution < 1.29 is 6.94 Å². The number of hydrogen-bond donors (Lipinski definition) is 0. The van der Waals surface area contributed by atoms with Crippen LogP contribution in [0.25, 0.3) is 0 Å². The predicted octanol–water partition coefficient (Wildman–Crippen LogP) is 9.49. The van der Waals surface area contributed by atoms with Crippen molar-refractivity contribution >= 4 is 79.3 Å². The molecule has 0 N–H and O–H groups in total. The summed E-state index contributed by atoms with van der Waals surface area (Å²) in [5, 5.41) is 0.0776. The molecule has 0 unspecified atom stereocenters. The Kier molecular flexibility index (Phi) is 10.7. The molecule has 1 heterocycles. The van der Waals surface area contributed by atoms with Gasteiger partial charge >= 0.3 is 233 Å². The average molecular weight is 777 g/mol. The molecule has 204 valence electrons. The van der Waals surface area contributed by atoms with Gasteiger partial charge in [0, 0.05) is 0 Å². The molecule has 1 saturated heterocycles. The molecule has 0 amide bonds. The summed E-state index contributed by atoms with van der Waals surface area (Å²) < 4.78 is 29.0. The van der Waals surface area contributed by atoms with Crippen LogP contribution in [0.2, 0.25) is 105 Å². The second-order valence-electron chi connectivity index (χ2n) is 18.2. The molecule has 0 bridgehead atoms. The zero-order chi connectivity index (χ0) is 27.4. The van der Waals surface area contributed by atoms with E-state index in [1.165, 1.54) is 16.2 Å². The second kappa shape index (κ2) is 10.5. The van der Waals surface area contributed by atoms with Crippen molar-refractivity contribution in [2.75, 3.05) is 0 Å². The molecular weight excluding hydrogens is 714 g/mol. The van der Waals surface area contributed by atoms with Crippen molar-refractivity contribution in [2.45, 2.75) is 146 Å². The van der Waals surface area contributed by atoms with Gasteiger partial charge in [-0.25, -0.2) is 0 Å². The van der Waals surface area contributed by atoms with Crippen molar-refractivity contribution in [3.05, 3.63) is 0 Å². The van der Waals surface area contributed by atoms with Gasteiger partial charge in [0.2, 0.25) is 0 Å². The quantitative estimate of drug-likeness (QED) is 0.230. The van der Waals surface area contributed by atoms with E-state index in [1.54, 1.807) is 0 Å². The van der Waals surface area contributed by atoms with Gasteiger partial charge < -0.3 is 0 Å². The minimum absolute atomic E-state index is 0.0388. The molecule has 0 radical (unpaired) electrons. The molecule has 0 aromatic heterocycles. The van der Waals surface area contributed by atoms with Crippen LogP contribution in [0.3, 0.4) is 0 Å². The van der Waals surface area contributed by atoms with Gasteiger partial charge in [-0.05, 0) is 0 Å². The van der Waals surface area contributed by atoms with Gasteiger partial charge in [-0.15, -0.1) is 0 Å². The SMILES string of the molecule is CC(C)(C)[Si]1(C(C)(C)C)[O][Sn]([CH2][Si](C)(C)C)([CH2][Si](C)(C)C)[O][Sn]([CH2][Si](C)(C)C)([CH2][Si](C)(C)C)[O]1. The summed E-state index contributed by atoms with van der Waals surface area (Å²) >= 11 is -6.95. The molecule has 1 aliphatic rings. The fourth-order valence-electron chi connectivity index (χ4n) is 6.31. The van der Waals surface area contributed by atoms with Crippen LogP contribution in [-0.4, -0.2) is 79.3 Å². The van der Waals surface area contributed by atoms with E-state index in [4.69, 9.17) is 6.94 Å². The third kappa shape index (κ3) is 9.95. The van der Waals surface area contributed by atoms with Crippen molar-refractivity contribution in [1.82, 2.24) is 0 Å². The first-order valence-electron chi connectivity index (χ1n) is 13.6. The van der Waals surface area contributed by atoms with Crippen molar-refractivity contribution in [1.29, 1.82) is 0 Å². The fraction of sp³-hybridized carbons (Fsp3) is 1.00. The summed E-state index contributed by atoms with van der Waals surface area (Å²) in [6.45, 7) is 45.3. The maximum atomic E-state index is 7.96. The molecule has 1 aliphatic heterocycles. The molecule has 0 aromatic carbocycles. The van der Waals surface area contributed by atoms with E-state index in [1.807, 2.05) is 0 Å². The monoisotopic (exact) mass is 778 g/mol. The fourth-order valence-corrected chi connectivity index (χ4v) is 151. The zero-order valence-corrected chi connectivity index (χ0v) is 37.3. The van der Waals surface area contributed by atoms with E-state index in [0.717, 1.165) is 0 Å².